The third-order valence-electron chi connectivity index (χ3n) is 6.41. The lowest BCUT2D eigenvalue weighted by Crippen LogP contribution is -2.31. The first kappa shape index (κ1) is 26.5. The quantitative estimate of drug-likeness (QED) is 0.329. The predicted octanol–water partition coefficient (Wildman–Crippen LogP) is 5.50. The second-order valence-corrected chi connectivity index (χ2v) is 11.3. The molecule has 3 aromatic rings. The summed E-state index contributed by atoms with van der Waals surface area (Å²) in [6.07, 6.45) is 1.96. The highest BCUT2D eigenvalue weighted by molar-refractivity contribution is 5.64. The number of aromatic nitrogens is 3. The molecule has 2 atom stereocenters. The summed E-state index contributed by atoms with van der Waals surface area (Å²) >= 11 is 0. The Hall–Kier alpha value is -3.59. The Morgan fingerprint density at radius 2 is 1.78 bits per heavy atom. The molecule has 0 aliphatic carbocycles. The predicted molar refractivity (Wildman–Crippen MR) is 151 cm³/mol. The number of rotatable bonds is 9. The molecule has 1 fully saturated rings. The largest absolute Gasteiger partial charge is 0.350 e. The Morgan fingerprint density at radius 1 is 1.05 bits per heavy atom. The minimum atomic E-state index is 0.0711. The lowest BCUT2D eigenvalue weighted by atomic mass is 9.96. The molecule has 1 aliphatic heterocycles. The van der Waals surface area contributed by atoms with Gasteiger partial charge < -0.3 is 20.9 Å². The van der Waals surface area contributed by atoms with Crippen molar-refractivity contribution in [2.45, 2.75) is 59.5 Å². The molecule has 0 spiro atoms. The molecule has 0 amide bonds. The van der Waals surface area contributed by atoms with Crippen LogP contribution in [-0.2, 0) is 6.42 Å². The fourth-order valence-electron chi connectivity index (χ4n) is 4.64. The topological polar surface area (TPSA) is 107 Å². The zero-order valence-electron chi connectivity index (χ0n) is 22.7. The van der Waals surface area contributed by atoms with Gasteiger partial charge in [0.1, 0.15) is 5.69 Å². The van der Waals surface area contributed by atoms with Gasteiger partial charge in [0.15, 0.2) is 0 Å². The Labute approximate surface area is 219 Å². The van der Waals surface area contributed by atoms with Crippen LogP contribution in [0.1, 0.15) is 43.9 Å². The maximum absolute atomic E-state index is 11.1. The van der Waals surface area contributed by atoms with Gasteiger partial charge in [0.25, 0.3) is 0 Å². The third-order valence-corrected chi connectivity index (χ3v) is 6.41. The Kier molecular flexibility index (Phi) is 8.02. The Balaban J connectivity index is 1.53. The average molecular weight is 503 g/mol. The molecular formula is C28H38N8O. The van der Waals surface area contributed by atoms with Crippen LogP contribution < -0.4 is 20.9 Å². The summed E-state index contributed by atoms with van der Waals surface area (Å²) in [5, 5.41) is 13.5. The monoisotopic (exact) mass is 502 g/mol. The van der Waals surface area contributed by atoms with Crippen molar-refractivity contribution < 1.29 is 0 Å². The first-order valence-electron chi connectivity index (χ1n) is 12.8. The molecule has 3 N–H and O–H groups in total. The van der Waals surface area contributed by atoms with Gasteiger partial charge in [-0.2, -0.15) is 15.0 Å². The number of nitroso groups, excluding NO2 is 1. The van der Waals surface area contributed by atoms with Gasteiger partial charge in [-0.25, -0.2) is 0 Å². The third kappa shape index (κ3) is 7.45. The van der Waals surface area contributed by atoms with Gasteiger partial charge in [0.2, 0.25) is 17.8 Å². The van der Waals surface area contributed by atoms with Crippen molar-refractivity contribution in [1.82, 2.24) is 20.3 Å². The number of hydrogen-bond donors (Lipinski definition) is 3. The van der Waals surface area contributed by atoms with Crippen LogP contribution in [0.5, 0.6) is 0 Å². The van der Waals surface area contributed by atoms with Crippen molar-refractivity contribution in [1.29, 1.82) is 0 Å². The van der Waals surface area contributed by atoms with E-state index in [1.165, 1.54) is 11.1 Å². The van der Waals surface area contributed by atoms with E-state index in [9.17, 15) is 4.91 Å². The van der Waals surface area contributed by atoms with Crippen LogP contribution in [0.15, 0.2) is 47.6 Å². The van der Waals surface area contributed by atoms with Gasteiger partial charge in [-0.15, -0.1) is 4.91 Å². The normalized spacial score (nSPS) is 17.5. The Bertz CT molecular complexity index is 1220. The maximum Gasteiger partial charge on any atom is 0.233 e. The number of aryl methyl sites for hydroxylation is 2. The number of anilines is 4. The summed E-state index contributed by atoms with van der Waals surface area (Å²) in [5.41, 5.74) is 4.73. The number of nitrogens with zero attached hydrogens (tertiary/aromatic N) is 5. The molecule has 9 heteroatoms. The van der Waals surface area contributed by atoms with Crippen molar-refractivity contribution >= 4 is 29.2 Å². The van der Waals surface area contributed by atoms with Crippen molar-refractivity contribution in [3.8, 4) is 0 Å². The van der Waals surface area contributed by atoms with E-state index >= 15 is 0 Å². The molecule has 196 valence electrons. The Morgan fingerprint density at radius 3 is 2.49 bits per heavy atom. The van der Waals surface area contributed by atoms with Gasteiger partial charge in [-0.05, 0) is 60.5 Å². The summed E-state index contributed by atoms with van der Waals surface area (Å²) < 4.78 is 0. The highest BCUT2D eigenvalue weighted by Crippen LogP contribution is 2.26. The van der Waals surface area contributed by atoms with E-state index < -0.39 is 0 Å². The number of nitrogens with one attached hydrogen (secondary N) is 3. The van der Waals surface area contributed by atoms with Crippen LogP contribution in [0, 0.1) is 24.2 Å². The minimum absolute atomic E-state index is 0.0711. The van der Waals surface area contributed by atoms with Gasteiger partial charge in [-0.1, -0.05) is 56.7 Å². The molecule has 2 unspecified atom stereocenters. The van der Waals surface area contributed by atoms with Gasteiger partial charge in [0, 0.05) is 37.9 Å². The van der Waals surface area contributed by atoms with E-state index in [4.69, 9.17) is 9.97 Å². The fraction of sp³-hybridized carbons (Fsp3) is 0.464. The fourth-order valence-corrected chi connectivity index (χ4v) is 4.64. The highest BCUT2D eigenvalue weighted by Gasteiger charge is 2.26. The van der Waals surface area contributed by atoms with Crippen molar-refractivity contribution in [3.63, 3.8) is 0 Å². The van der Waals surface area contributed by atoms with Crippen molar-refractivity contribution in [2.75, 3.05) is 35.7 Å². The molecule has 0 radical (unpaired) electrons. The first-order chi connectivity index (χ1) is 17.6. The zero-order chi connectivity index (χ0) is 26.6. The molecule has 1 saturated heterocycles. The minimum Gasteiger partial charge on any atom is -0.350 e. The molecule has 2 aromatic carbocycles. The molecule has 37 heavy (non-hydrogen) atoms. The van der Waals surface area contributed by atoms with Crippen molar-refractivity contribution in [2.24, 2.45) is 10.6 Å². The summed E-state index contributed by atoms with van der Waals surface area (Å²) in [4.78, 5) is 27.2. The lowest BCUT2D eigenvalue weighted by Gasteiger charge is -2.27. The number of hydrogen-bond acceptors (Lipinski definition) is 9. The van der Waals surface area contributed by atoms with Crippen LogP contribution in [-0.4, -0.2) is 47.2 Å². The second-order valence-electron chi connectivity index (χ2n) is 11.3. The van der Waals surface area contributed by atoms with Gasteiger partial charge in [-0.3, -0.25) is 0 Å². The highest BCUT2D eigenvalue weighted by atomic mass is 16.3. The SMILES string of the molecule is Cc1ccc(CC2CC(Nc3nc(Nc4cc(N=O)ccc4C)nc(N(C)CC(C)(C)C)n3)CN2)cc1. The molecule has 1 aliphatic rings. The molecule has 2 heterocycles. The van der Waals surface area contributed by atoms with E-state index in [0.717, 1.165) is 37.2 Å². The van der Waals surface area contributed by atoms with E-state index in [2.05, 4.69) is 78.1 Å². The van der Waals surface area contributed by atoms with Crippen LogP contribution >= 0.6 is 0 Å². The maximum atomic E-state index is 11.1. The van der Waals surface area contributed by atoms with Crippen LogP contribution in [0.2, 0.25) is 0 Å². The van der Waals surface area contributed by atoms with Crippen LogP contribution in [0.4, 0.5) is 29.2 Å². The van der Waals surface area contributed by atoms with E-state index in [-0.39, 0.29) is 11.5 Å². The molecule has 0 saturated carbocycles. The number of benzene rings is 2. The van der Waals surface area contributed by atoms with E-state index in [0.29, 0.717) is 29.6 Å². The molecule has 9 nitrogen and oxygen atoms in total. The molecule has 4 rings (SSSR count). The summed E-state index contributed by atoms with van der Waals surface area (Å²) in [6, 6.07) is 14.6. The van der Waals surface area contributed by atoms with E-state index in [1.54, 1.807) is 12.1 Å². The smallest absolute Gasteiger partial charge is 0.233 e. The van der Waals surface area contributed by atoms with Gasteiger partial charge in [0.05, 0.1) is 0 Å². The second kappa shape index (κ2) is 11.2. The lowest BCUT2D eigenvalue weighted by molar-refractivity contribution is 0.416. The van der Waals surface area contributed by atoms with Crippen LogP contribution in [0.3, 0.4) is 0 Å². The standard InChI is InChI=1S/C28H38N8O/c1-18-7-10-20(11-8-18)13-22-14-23(16-29-22)30-25-32-26(31-24-15-21(35-37)12-9-19(24)2)34-27(33-25)36(6)17-28(3,4)5/h7-12,15,22-23,29H,13-14,16-17H2,1-6H3,(H2,30,31,32,33,34). The molecule has 1 aromatic heterocycles. The first-order valence-corrected chi connectivity index (χ1v) is 12.8. The average Bonchev–Trinajstić information content (AvgIpc) is 3.27. The zero-order valence-corrected chi connectivity index (χ0v) is 22.7. The molecular weight excluding hydrogens is 464 g/mol. The summed E-state index contributed by atoms with van der Waals surface area (Å²) in [7, 11) is 1.99. The summed E-state index contributed by atoms with van der Waals surface area (Å²) in [5.74, 6) is 1.53. The van der Waals surface area contributed by atoms with Crippen LogP contribution in [0.25, 0.3) is 0 Å². The molecule has 0 bridgehead atoms. The van der Waals surface area contributed by atoms with E-state index in [1.807, 2.05) is 24.9 Å². The van der Waals surface area contributed by atoms with Crippen molar-refractivity contribution in [3.05, 3.63) is 64.1 Å². The van der Waals surface area contributed by atoms with Gasteiger partial charge >= 0.3 is 0 Å². The summed E-state index contributed by atoms with van der Waals surface area (Å²) in [6.45, 7) is 12.2.